The van der Waals surface area contributed by atoms with Crippen LogP contribution in [0.15, 0.2) is 4.79 Å². The number of rotatable bonds is 7. The molecule has 4 rings (SSSR count). The van der Waals surface area contributed by atoms with Gasteiger partial charge in [0, 0.05) is 52.1 Å². The summed E-state index contributed by atoms with van der Waals surface area (Å²) in [5.74, 6) is 0.347. The van der Waals surface area contributed by atoms with Crippen LogP contribution >= 0.6 is 0 Å². The molecule has 2 aromatic heterocycles. The first-order chi connectivity index (χ1) is 14.4. The molecule has 10 heteroatoms. The third-order valence-electron chi connectivity index (χ3n) is 5.94. The van der Waals surface area contributed by atoms with Gasteiger partial charge in [0.05, 0.1) is 6.61 Å². The van der Waals surface area contributed by atoms with E-state index in [1.165, 1.54) is 4.57 Å². The second-order valence-electron chi connectivity index (χ2n) is 8.02. The van der Waals surface area contributed by atoms with Gasteiger partial charge in [-0.25, -0.2) is 4.79 Å². The van der Waals surface area contributed by atoms with E-state index in [1.807, 2.05) is 4.57 Å². The lowest BCUT2D eigenvalue weighted by molar-refractivity contribution is -0.154. The summed E-state index contributed by atoms with van der Waals surface area (Å²) >= 11 is 0. The Morgan fingerprint density at radius 3 is 2.53 bits per heavy atom. The van der Waals surface area contributed by atoms with Crippen molar-refractivity contribution in [1.82, 2.24) is 24.4 Å². The minimum Gasteiger partial charge on any atom is -0.463 e. The van der Waals surface area contributed by atoms with E-state index in [2.05, 4.69) is 29.0 Å². The zero-order valence-electron chi connectivity index (χ0n) is 18.1. The highest BCUT2D eigenvalue weighted by molar-refractivity contribution is 5.83. The van der Waals surface area contributed by atoms with Crippen LogP contribution in [0.4, 0.5) is 5.95 Å². The smallest absolute Gasteiger partial charge is 0.350 e. The van der Waals surface area contributed by atoms with E-state index in [0.717, 1.165) is 38.5 Å². The Morgan fingerprint density at radius 1 is 1.23 bits per heavy atom. The number of hydrogen-bond donors (Lipinski definition) is 1. The summed E-state index contributed by atoms with van der Waals surface area (Å²) in [6.45, 7) is 9.57. The normalized spacial score (nSPS) is 19.0. The van der Waals surface area contributed by atoms with Gasteiger partial charge in [-0.05, 0) is 20.3 Å². The Kier molecular flexibility index (Phi) is 5.44. The summed E-state index contributed by atoms with van der Waals surface area (Å²) in [5, 5.41) is 3.34. The number of piperazine rings is 1. The van der Waals surface area contributed by atoms with Gasteiger partial charge in [0.15, 0.2) is 11.2 Å². The van der Waals surface area contributed by atoms with E-state index < -0.39 is 11.6 Å². The minimum absolute atomic E-state index is 0.0930. The van der Waals surface area contributed by atoms with Crippen LogP contribution in [0.2, 0.25) is 0 Å². The molecule has 2 fully saturated rings. The maximum absolute atomic E-state index is 13.3. The van der Waals surface area contributed by atoms with Crippen LogP contribution in [-0.2, 0) is 16.6 Å². The third-order valence-corrected chi connectivity index (χ3v) is 5.94. The molecule has 0 aromatic carbocycles. The van der Waals surface area contributed by atoms with E-state index in [4.69, 9.17) is 14.5 Å². The van der Waals surface area contributed by atoms with E-state index in [1.54, 1.807) is 14.0 Å². The lowest BCUT2D eigenvalue weighted by Crippen LogP contribution is -2.44. The number of ether oxygens (including phenoxy) is 2. The molecule has 1 saturated heterocycles. The fraction of sp³-hybridized carbons (Fsp3) is 0.700. The quantitative estimate of drug-likeness (QED) is 0.664. The monoisotopic (exact) mass is 418 g/mol. The molecule has 0 spiro atoms. The average molecular weight is 418 g/mol. The van der Waals surface area contributed by atoms with Gasteiger partial charge in [0.2, 0.25) is 11.5 Å². The van der Waals surface area contributed by atoms with Gasteiger partial charge < -0.3 is 24.3 Å². The van der Waals surface area contributed by atoms with Crippen molar-refractivity contribution in [2.75, 3.05) is 37.7 Å². The summed E-state index contributed by atoms with van der Waals surface area (Å²) in [7, 11) is 1.61. The molecule has 1 atom stereocenters. The van der Waals surface area contributed by atoms with Crippen LogP contribution < -0.4 is 20.5 Å². The summed E-state index contributed by atoms with van der Waals surface area (Å²) in [6.07, 6.45) is 1.96. The SMILES string of the molecule is CCOC(=O)C1(Oc2nc3nc(N4CCNCC4)n(C(C)CC)c3c(=O)n2C)CC1. The predicted molar refractivity (Wildman–Crippen MR) is 112 cm³/mol. The maximum atomic E-state index is 13.3. The number of hydrogen-bond acceptors (Lipinski definition) is 8. The number of nitrogens with zero attached hydrogens (tertiary/aromatic N) is 5. The third kappa shape index (κ3) is 3.42. The lowest BCUT2D eigenvalue weighted by Gasteiger charge is -2.30. The second kappa shape index (κ2) is 7.90. The molecule has 1 aliphatic heterocycles. The Balaban J connectivity index is 1.80. The van der Waals surface area contributed by atoms with Gasteiger partial charge in [-0.1, -0.05) is 6.92 Å². The highest BCUT2D eigenvalue weighted by atomic mass is 16.6. The summed E-state index contributed by atoms with van der Waals surface area (Å²) in [4.78, 5) is 37.1. The van der Waals surface area contributed by atoms with Crippen molar-refractivity contribution in [1.29, 1.82) is 0 Å². The average Bonchev–Trinajstić information content (AvgIpc) is 3.44. The highest BCUT2D eigenvalue weighted by Gasteiger charge is 2.55. The molecule has 1 aliphatic carbocycles. The molecule has 1 N–H and O–H groups in total. The number of carbonyl (C=O) groups is 1. The van der Waals surface area contributed by atoms with Crippen molar-refractivity contribution in [3.63, 3.8) is 0 Å². The van der Waals surface area contributed by atoms with E-state index >= 15 is 0 Å². The Bertz CT molecular complexity index is 1000. The Hall–Kier alpha value is -2.62. The van der Waals surface area contributed by atoms with Crippen LogP contribution in [0, 0.1) is 0 Å². The standard InChI is InChI=1S/C20H30N6O4/c1-5-13(3)26-14-15(22-18(26)25-11-9-21-10-12-25)23-19(24(4)16(14)27)30-20(7-8-20)17(28)29-6-2/h13,21H,5-12H2,1-4H3. The van der Waals surface area contributed by atoms with Crippen molar-refractivity contribution in [3.05, 3.63) is 10.4 Å². The highest BCUT2D eigenvalue weighted by Crippen LogP contribution is 2.41. The molecule has 30 heavy (non-hydrogen) atoms. The number of nitrogens with one attached hydrogen (secondary N) is 1. The van der Waals surface area contributed by atoms with Crippen molar-refractivity contribution in [2.24, 2.45) is 7.05 Å². The maximum Gasteiger partial charge on any atom is 0.350 e. The fourth-order valence-corrected chi connectivity index (χ4v) is 3.78. The van der Waals surface area contributed by atoms with Crippen LogP contribution in [0.3, 0.4) is 0 Å². The first-order valence-electron chi connectivity index (χ1n) is 10.7. The fourth-order valence-electron chi connectivity index (χ4n) is 3.78. The van der Waals surface area contributed by atoms with Gasteiger partial charge in [0.25, 0.3) is 5.56 Å². The van der Waals surface area contributed by atoms with Gasteiger partial charge in [-0.3, -0.25) is 9.36 Å². The summed E-state index contributed by atoms with van der Waals surface area (Å²) in [6, 6.07) is 0.189. The van der Waals surface area contributed by atoms with Crippen LogP contribution in [-0.4, -0.2) is 63.5 Å². The zero-order chi connectivity index (χ0) is 21.5. The lowest BCUT2D eigenvalue weighted by atomic mass is 10.2. The van der Waals surface area contributed by atoms with Crippen molar-refractivity contribution in [3.8, 4) is 6.01 Å². The zero-order valence-corrected chi connectivity index (χ0v) is 18.1. The Labute approximate surface area is 175 Å². The molecule has 164 valence electrons. The molecular formula is C20H30N6O4. The Morgan fingerprint density at radius 2 is 1.93 bits per heavy atom. The molecule has 3 heterocycles. The van der Waals surface area contributed by atoms with Crippen LogP contribution in [0.5, 0.6) is 6.01 Å². The summed E-state index contributed by atoms with van der Waals surface area (Å²) < 4.78 is 14.4. The largest absolute Gasteiger partial charge is 0.463 e. The van der Waals surface area contributed by atoms with Crippen molar-refractivity contribution in [2.45, 2.75) is 51.7 Å². The van der Waals surface area contributed by atoms with Gasteiger partial charge in [0.1, 0.15) is 0 Å². The van der Waals surface area contributed by atoms with Crippen LogP contribution in [0.25, 0.3) is 11.2 Å². The topological polar surface area (TPSA) is 104 Å². The van der Waals surface area contributed by atoms with E-state index in [9.17, 15) is 9.59 Å². The number of imidazole rings is 1. The van der Waals surface area contributed by atoms with Crippen molar-refractivity contribution < 1.29 is 14.3 Å². The molecular weight excluding hydrogens is 388 g/mol. The van der Waals surface area contributed by atoms with Gasteiger partial charge in [-0.15, -0.1) is 0 Å². The summed E-state index contributed by atoms with van der Waals surface area (Å²) in [5.41, 5.74) is -0.458. The first-order valence-corrected chi connectivity index (χ1v) is 10.7. The molecule has 1 unspecified atom stereocenters. The molecule has 0 radical (unpaired) electrons. The van der Waals surface area contributed by atoms with Gasteiger partial charge >= 0.3 is 12.0 Å². The van der Waals surface area contributed by atoms with Crippen molar-refractivity contribution >= 4 is 23.1 Å². The number of esters is 1. The first kappa shape index (κ1) is 20.6. The van der Waals surface area contributed by atoms with E-state index in [0.29, 0.717) is 24.0 Å². The van der Waals surface area contributed by atoms with Crippen LogP contribution in [0.1, 0.15) is 46.1 Å². The minimum atomic E-state index is -1.04. The molecule has 2 aliphatic rings. The predicted octanol–water partition coefficient (Wildman–Crippen LogP) is 0.985. The molecule has 0 amide bonds. The number of aromatic nitrogens is 4. The molecule has 10 nitrogen and oxygen atoms in total. The van der Waals surface area contributed by atoms with E-state index in [-0.39, 0.29) is 24.2 Å². The van der Waals surface area contributed by atoms with Gasteiger partial charge in [-0.2, -0.15) is 9.97 Å². The number of carbonyl (C=O) groups excluding carboxylic acids is 1. The number of anilines is 1. The molecule has 0 bridgehead atoms. The number of fused-ring (bicyclic) bond motifs is 1. The molecule has 1 saturated carbocycles. The second-order valence-corrected chi connectivity index (χ2v) is 8.02. The molecule has 2 aromatic rings.